The molecule has 3 aromatic rings. The van der Waals surface area contributed by atoms with Crippen molar-refractivity contribution >= 4 is 38.8 Å². The second kappa shape index (κ2) is 8.62. The van der Waals surface area contributed by atoms with Crippen molar-refractivity contribution in [1.29, 1.82) is 0 Å². The van der Waals surface area contributed by atoms with Crippen molar-refractivity contribution in [2.75, 3.05) is 7.11 Å². The van der Waals surface area contributed by atoms with Crippen molar-refractivity contribution in [1.82, 2.24) is 0 Å². The van der Waals surface area contributed by atoms with Gasteiger partial charge in [0.2, 0.25) is 5.71 Å². The Morgan fingerprint density at radius 3 is 2.68 bits per heavy atom. The number of oxime groups is 2. The van der Waals surface area contributed by atoms with E-state index in [2.05, 4.69) is 10.3 Å². The van der Waals surface area contributed by atoms with E-state index in [0.29, 0.717) is 21.7 Å². The standard InChI is InChI=1S/C20H17FN2O4S/c1-12(13-6-5-7-14(21)10-13)22-27-11-16-15-8-3-4-9-17(15)28-19(16)18(20(24)25)23-26-2/h3-10H,11H2,1-2H3,(H,24,25). The number of carboxylic acids is 1. The van der Waals surface area contributed by atoms with Gasteiger partial charge in [0.05, 0.1) is 10.6 Å². The highest BCUT2D eigenvalue weighted by atomic mass is 32.1. The average Bonchev–Trinajstić information content (AvgIpc) is 3.04. The molecular weight excluding hydrogens is 383 g/mol. The summed E-state index contributed by atoms with van der Waals surface area (Å²) in [5.41, 5.74) is 1.55. The van der Waals surface area contributed by atoms with Crippen LogP contribution >= 0.6 is 11.3 Å². The van der Waals surface area contributed by atoms with Gasteiger partial charge in [0.25, 0.3) is 0 Å². The monoisotopic (exact) mass is 400 g/mol. The largest absolute Gasteiger partial charge is 0.476 e. The normalized spacial score (nSPS) is 12.2. The van der Waals surface area contributed by atoms with E-state index in [1.807, 2.05) is 24.3 Å². The second-order valence-corrected chi connectivity index (χ2v) is 6.85. The molecule has 2 aromatic carbocycles. The van der Waals surface area contributed by atoms with Gasteiger partial charge in [0.1, 0.15) is 19.5 Å². The summed E-state index contributed by atoms with van der Waals surface area (Å²) in [7, 11) is 1.29. The lowest BCUT2D eigenvalue weighted by Gasteiger charge is -2.05. The maximum atomic E-state index is 13.4. The van der Waals surface area contributed by atoms with Crippen LogP contribution in [0.3, 0.4) is 0 Å². The highest BCUT2D eigenvalue weighted by Crippen LogP contribution is 2.32. The Balaban J connectivity index is 1.94. The number of carboxylic acid groups (broad SMARTS) is 1. The van der Waals surface area contributed by atoms with Crippen molar-refractivity contribution in [3.63, 3.8) is 0 Å². The van der Waals surface area contributed by atoms with Gasteiger partial charge in [0.15, 0.2) is 0 Å². The van der Waals surface area contributed by atoms with E-state index >= 15 is 0 Å². The minimum absolute atomic E-state index is 0.0298. The molecule has 144 valence electrons. The Kier molecular flexibility index (Phi) is 6.00. The molecular formula is C20H17FN2O4S. The zero-order chi connectivity index (χ0) is 20.1. The molecule has 0 unspecified atom stereocenters. The molecule has 1 aromatic heterocycles. The molecule has 0 radical (unpaired) electrons. The van der Waals surface area contributed by atoms with E-state index in [1.165, 1.54) is 30.6 Å². The van der Waals surface area contributed by atoms with E-state index in [1.54, 1.807) is 19.1 Å². The molecule has 0 saturated heterocycles. The molecule has 1 N–H and O–H groups in total. The number of rotatable bonds is 7. The number of hydrogen-bond acceptors (Lipinski definition) is 6. The summed E-state index contributed by atoms with van der Waals surface area (Å²) in [6.07, 6.45) is 0. The van der Waals surface area contributed by atoms with Crippen LogP contribution in [0.4, 0.5) is 4.39 Å². The minimum Gasteiger partial charge on any atom is -0.476 e. The van der Waals surface area contributed by atoms with Crippen LogP contribution in [0.1, 0.15) is 22.9 Å². The van der Waals surface area contributed by atoms with Crippen LogP contribution in [0.15, 0.2) is 58.8 Å². The topological polar surface area (TPSA) is 80.5 Å². The lowest BCUT2D eigenvalue weighted by Crippen LogP contribution is -2.15. The average molecular weight is 400 g/mol. The van der Waals surface area contributed by atoms with Crippen molar-refractivity contribution in [3.05, 3.63) is 70.4 Å². The Labute approximate surface area is 164 Å². The van der Waals surface area contributed by atoms with Crippen LogP contribution in [-0.4, -0.2) is 29.6 Å². The summed E-state index contributed by atoms with van der Waals surface area (Å²) in [5, 5.41) is 18.0. The Morgan fingerprint density at radius 2 is 1.96 bits per heavy atom. The van der Waals surface area contributed by atoms with Crippen molar-refractivity contribution in [2.24, 2.45) is 10.3 Å². The van der Waals surface area contributed by atoms with Crippen molar-refractivity contribution in [3.8, 4) is 0 Å². The second-order valence-electron chi connectivity index (χ2n) is 5.79. The maximum absolute atomic E-state index is 13.4. The Bertz CT molecular complexity index is 1080. The molecule has 0 fully saturated rings. The summed E-state index contributed by atoms with van der Waals surface area (Å²) in [6, 6.07) is 13.5. The lowest BCUT2D eigenvalue weighted by atomic mass is 10.1. The van der Waals surface area contributed by atoms with Gasteiger partial charge < -0.3 is 14.8 Å². The van der Waals surface area contributed by atoms with Gasteiger partial charge in [-0.1, -0.05) is 40.6 Å². The summed E-state index contributed by atoms with van der Waals surface area (Å²) in [5.74, 6) is -1.56. The van der Waals surface area contributed by atoms with Gasteiger partial charge in [-0.15, -0.1) is 11.3 Å². The number of aliphatic carboxylic acids is 1. The van der Waals surface area contributed by atoms with Crippen LogP contribution in [0.5, 0.6) is 0 Å². The first-order valence-corrected chi connectivity index (χ1v) is 9.10. The fraction of sp³-hybridized carbons (Fsp3) is 0.150. The number of benzene rings is 2. The van der Waals surface area contributed by atoms with Gasteiger partial charge in [-0.2, -0.15) is 0 Å². The number of nitrogens with zero attached hydrogens (tertiary/aromatic N) is 2. The van der Waals surface area contributed by atoms with E-state index in [4.69, 9.17) is 9.68 Å². The minimum atomic E-state index is -1.20. The fourth-order valence-corrected chi connectivity index (χ4v) is 3.84. The highest BCUT2D eigenvalue weighted by Gasteiger charge is 2.23. The maximum Gasteiger partial charge on any atom is 0.359 e. The number of halogens is 1. The predicted molar refractivity (Wildman–Crippen MR) is 106 cm³/mol. The number of fused-ring (bicyclic) bond motifs is 1. The van der Waals surface area contributed by atoms with Gasteiger partial charge in [-0.25, -0.2) is 9.18 Å². The van der Waals surface area contributed by atoms with Crippen LogP contribution in [0, 0.1) is 5.82 Å². The highest BCUT2D eigenvalue weighted by molar-refractivity contribution is 7.21. The fourth-order valence-electron chi connectivity index (χ4n) is 2.66. The summed E-state index contributed by atoms with van der Waals surface area (Å²) < 4.78 is 14.3. The third-order valence-electron chi connectivity index (χ3n) is 3.95. The van der Waals surface area contributed by atoms with E-state index < -0.39 is 5.97 Å². The first-order chi connectivity index (χ1) is 13.5. The molecule has 3 rings (SSSR count). The zero-order valence-corrected chi connectivity index (χ0v) is 16.0. The van der Waals surface area contributed by atoms with E-state index in [-0.39, 0.29) is 18.1 Å². The van der Waals surface area contributed by atoms with Crippen LogP contribution < -0.4 is 0 Å². The molecule has 6 nitrogen and oxygen atoms in total. The lowest BCUT2D eigenvalue weighted by molar-refractivity contribution is -0.129. The summed E-state index contributed by atoms with van der Waals surface area (Å²) in [6.45, 7) is 1.73. The van der Waals surface area contributed by atoms with Gasteiger partial charge in [-0.05, 0) is 30.5 Å². The van der Waals surface area contributed by atoms with Gasteiger partial charge in [-0.3, -0.25) is 0 Å². The quantitative estimate of drug-likeness (QED) is 0.470. The van der Waals surface area contributed by atoms with Crippen LogP contribution in [0.2, 0.25) is 0 Å². The molecule has 28 heavy (non-hydrogen) atoms. The van der Waals surface area contributed by atoms with Crippen LogP contribution in [0.25, 0.3) is 10.1 Å². The summed E-state index contributed by atoms with van der Waals surface area (Å²) >= 11 is 1.29. The summed E-state index contributed by atoms with van der Waals surface area (Å²) in [4.78, 5) is 22.2. The smallest absolute Gasteiger partial charge is 0.359 e. The van der Waals surface area contributed by atoms with Crippen LogP contribution in [-0.2, 0) is 21.1 Å². The molecule has 0 aliphatic heterocycles. The van der Waals surface area contributed by atoms with E-state index in [0.717, 1.165) is 10.1 Å². The number of thiophene rings is 1. The number of hydrogen-bond donors (Lipinski definition) is 1. The van der Waals surface area contributed by atoms with Gasteiger partial charge in [0, 0.05) is 15.8 Å². The Morgan fingerprint density at radius 1 is 1.18 bits per heavy atom. The molecule has 0 aliphatic rings. The third-order valence-corrected chi connectivity index (χ3v) is 5.17. The first-order valence-electron chi connectivity index (χ1n) is 8.29. The molecule has 0 bridgehead atoms. The third kappa shape index (κ3) is 4.17. The molecule has 1 heterocycles. The molecule has 0 spiro atoms. The van der Waals surface area contributed by atoms with Crippen molar-refractivity contribution < 1.29 is 24.0 Å². The Hall–Kier alpha value is -3.26. The molecule has 0 amide bonds. The van der Waals surface area contributed by atoms with E-state index in [9.17, 15) is 14.3 Å². The molecule has 0 saturated carbocycles. The first kappa shape index (κ1) is 19.5. The zero-order valence-electron chi connectivity index (χ0n) is 15.2. The predicted octanol–water partition coefficient (Wildman–Crippen LogP) is 4.42. The number of carbonyl (C=O) groups is 1. The molecule has 8 heteroatoms. The molecule has 0 atom stereocenters. The van der Waals surface area contributed by atoms with Crippen molar-refractivity contribution in [2.45, 2.75) is 13.5 Å². The van der Waals surface area contributed by atoms with Gasteiger partial charge >= 0.3 is 5.97 Å². The SMILES string of the molecule is CON=C(C(=O)O)c1sc2ccccc2c1CON=C(C)c1cccc(F)c1. The molecule has 0 aliphatic carbocycles.